The third-order valence-electron chi connectivity index (χ3n) is 2.05. The van der Waals surface area contributed by atoms with Crippen LogP contribution < -0.4 is 9.47 Å². The first kappa shape index (κ1) is 17.6. The van der Waals surface area contributed by atoms with E-state index >= 15 is 0 Å². The Labute approximate surface area is 121 Å². The van der Waals surface area contributed by atoms with Gasteiger partial charge in [0.05, 0.1) is 20.8 Å². The first-order valence-electron chi connectivity index (χ1n) is 5.12. The molecule has 0 aliphatic heterocycles. The average Bonchev–Trinajstić information content (AvgIpc) is 2.42. The fourth-order valence-corrected chi connectivity index (χ4v) is 2.06. The number of hydrogen-bond acceptors (Lipinski definition) is 9. The second kappa shape index (κ2) is 7.02. The molecule has 21 heavy (non-hydrogen) atoms. The first-order chi connectivity index (χ1) is 9.67. The maximum atomic E-state index is 11.2. The Morgan fingerprint density at radius 3 is 2.24 bits per heavy atom. The highest BCUT2D eigenvalue weighted by Gasteiger charge is 2.20. The zero-order valence-corrected chi connectivity index (χ0v) is 12.5. The predicted molar refractivity (Wildman–Crippen MR) is 67.0 cm³/mol. The van der Waals surface area contributed by atoms with E-state index in [4.69, 9.17) is 14.0 Å². The number of rotatable bonds is 8. The van der Waals surface area contributed by atoms with Crippen molar-refractivity contribution in [2.45, 2.75) is 6.61 Å². The maximum Gasteiger partial charge on any atom is 0.428 e. The van der Waals surface area contributed by atoms with Crippen LogP contribution in [-0.2, 0) is 40.3 Å². The highest BCUT2D eigenvalue weighted by Crippen LogP contribution is 2.25. The van der Waals surface area contributed by atoms with Crippen molar-refractivity contribution in [2.75, 3.05) is 14.2 Å². The van der Waals surface area contributed by atoms with Gasteiger partial charge >= 0.3 is 20.8 Å². The molecule has 1 aromatic carbocycles. The first-order valence-corrected chi connectivity index (χ1v) is 7.82. The van der Waals surface area contributed by atoms with Gasteiger partial charge in [-0.3, -0.25) is 4.55 Å². The Morgan fingerprint density at radius 1 is 1.05 bits per heavy atom. The van der Waals surface area contributed by atoms with E-state index in [2.05, 4.69) is 12.9 Å². The number of ether oxygens (including phenoxy) is 2. The van der Waals surface area contributed by atoms with Gasteiger partial charge in [-0.15, -0.1) is 0 Å². The summed E-state index contributed by atoms with van der Waals surface area (Å²) in [5, 5.41) is 0. The van der Waals surface area contributed by atoms with Crippen LogP contribution in [0.4, 0.5) is 0 Å². The summed E-state index contributed by atoms with van der Waals surface area (Å²) in [4.78, 5) is 0. The molecular weight excluding hydrogens is 332 g/mol. The van der Waals surface area contributed by atoms with E-state index < -0.39 is 27.4 Å². The van der Waals surface area contributed by atoms with Crippen LogP contribution in [0.1, 0.15) is 5.56 Å². The molecule has 0 saturated carbocycles. The molecule has 0 unspecified atom stereocenters. The van der Waals surface area contributed by atoms with Gasteiger partial charge in [0.15, 0.2) is 0 Å². The molecule has 0 aliphatic rings. The normalized spacial score (nSPS) is 12.1. The Kier molecular flexibility index (Phi) is 5.88. The minimum Gasteiger partial charge on any atom is -0.497 e. The van der Waals surface area contributed by atoms with Crippen LogP contribution in [0.15, 0.2) is 18.2 Å². The molecule has 1 rings (SSSR count). The Balaban J connectivity index is 2.74. The van der Waals surface area contributed by atoms with Crippen LogP contribution in [0.2, 0.25) is 0 Å². The summed E-state index contributed by atoms with van der Waals surface area (Å²) in [7, 11) is -7.09. The van der Waals surface area contributed by atoms with Crippen molar-refractivity contribution in [1.82, 2.24) is 0 Å². The molecule has 0 radical (unpaired) electrons. The van der Waals surface area contributed by atoms with Crippen molar-refractivity contribution in [1.29, 1.82) is 0 Å². The van der Waals surface area contributed by atoms with Gasteiger partial charge in [0.2, 0.25) is 0 Å². The monoisotopic (exact) mass is 344 g/mol. The fourth-order valence-electron chi connectivity index (χ4n) is 1.20. The maximum absolute atomic E-state index is 11.2. The van der Waals surface area contributed by atoms with Crippen molar-refractivity contribution in [3.8, 4) is 11.5 Å². The molecule has 0 aromatic heterocycles. The second-order valence-corrected chi connectivity index (χ2v) is 5.59. The summed E-state index contributed by atoms with van der Waals surface area (Å²) in [6.07, 6.45) is 0. The van der Waals surface area contributed by atoms with Crippen LogP contribution in [0, 0.1) is 0 Å². The zero-order chi connectivity index (χ0) is 16.1. The van der Waals surface area contributed by atoms with Crippen LogP contribution in [0.5, 0.6) is 11.5 Å². The predicted octanol–water partition coefficient (Wildman–Crippen LogP) is 0.216. The van der Waals surface area contributed by atoms with E-state index in [0.29, 0.717) is 11.3 Å². The molecule has 0 amide bonds. The minimum absolute atomic E-state index is 0.278. The summed E-state index contributed by atoms with van der Waals surface area (Å²) in [5.41, 5.74) is 0.317. The molecular formula is C9H12O10S2. The highest BCUT2D eigenvalue weighted by atomic mass is 32.3. The van der Waals surface area contributed by atoms with Crippen molar-refractivity contribution >= 4 is 20.8 Å². The van der Waals surface area contributed by atoms with Crippen LogP contribution in [0.3, 0.4) is 0 Å². The molecule has 1 aromatic rings. The summed E-state index contributed by atoms with van der Waals surface area (Å²) in [5.74, 6) is 0.754. The molecule has 0 aliphatic carbocycles. The van der Waals surface area contributed by atoms with Gasteiger partial charge < -0.3 is 9.47 Å². The fraction of sp³-hybridized carbons (Fsp3) is 0.333. The molecule has 0 fully saturated rings. The molecule has 10 nitrogen and oxygen atoms in total. The summed E-state index contributed by atoms with van der Waals surface area (Å²) < 4.78 is 71.9. The lowest BCUT2D eigenvalue weighted by Crippen LogP contribution is -2.14. The van der Waals surface area contributed by atoms with Gasteiger partial charge in [-0.05, 0) is 12.1 Å². The van der Waals surface area contributed by atoms with Crippen molar-refractivity contribution in [2.24, 2.45) is 0 Å². The molecule has 12 heteroatoms. The molecule has 120 valence electrons. The van der Waals surface area contributed by atoms with Crippen molar-refractivity contribution in [3.63, 3.8) is 0 Å². The highest BCUT2D eigenvalue weighted by molar-refractivity contribution is 7.83. The lowest BCUT2D eigenvalue weighted by atomic mass is 10.2. The van der Waals surface area contributed by atoms with Gasteiger partial charge in [0.25, 0.3) is 0 Å². The van der Waals surface area contributed by atoms with Gasteiger partial charge in [-0.1, -0.05) is 8.67 Å². The average molecular weight is 344 g/mol. The Bertz CT molecular complexity index is 678. The quantitative estimate of drug-likeness (QED) is 0.396. The van der Waals surface area contributed by atoms with E-state index in [1.807, 2.05) is 0 Å². The second-order valence-electron chi connectivity index (χ2n) is 3.41. The summed E-state index contributed by atoms with van der Waals surface area (Å²) in [6.45, 7) is -0.523. The third-order valence-corrected chi connectivity index (χ3v) is 3.02. The van der Waals surface area contributed by atoms with E-state index in [0.717, 1.165) is 0 Å². The summed E-state index contributed by atoms with van der Waals surface area (Å²) >= 11 is 0. The van der Waals surface area contributed by atoms with Gasteiger partial charge in [-0.2, -0.15) is 16.8 Å². The van der Waals surface area contributed by atoms with Gasteiger partial charge in [0, 0.05) is 11.6 Å². The molecule has 0 spiro atoms. The number of benzene rings is 1. The van der Waals surface area contributed by atoms with Gasteiger partial charge in [0.1, 0.15) is 11.5 Å². The summed E-state index contributed by atoms with van der Waals surface area (Å²) in [6, 6.07) is 4.49. The van der Waals surface area contributed by atoms with Crippen molar-refractivity contribution < 1.29 is 43.7 Å². The third kappa shape index (κ3) is 6.24. The Morgan fingerprint density at radius 2 is 1.71 bits per heavy atom. The molecule has 0 saturated heterocycles. The lowest BCUT2D eigenvalue weighted by molar-refractivity contribution is -0.109. The smallest absolute Gasteiger partial charge is 0.428 e. The van der Waals surface area contributed by atoms with E-state index in [-0.39, 0.29) is 5.75 Å². The minimum atomic E-state index is -5.08. The molecule has 0 atom stereocenters. The number of methoxy groups -OCH3 is 2. The zero-order valence-electron chi connectivity index (χ0n) is 10.9. The molecule has 0 heterocycles. The van der Waals surface area contributed by atoms with Crippen LogP contribution >= 0.6 is 0 Å². The lowest BCUT2D eigenvalue weighted by Gasteiger charge is -2.10. The van der Waals surface area contributed by atoms with Gasteiger partial charge in [-0.25, -0.2) is 4.18 Å². The topological polar surface area (TPSA) is 135 Å². The van der Waals surface area contributed by atoms with Crippen molar-refractivity contribution in [3.05, 3.63) is 23.8 Å². The van der Waals surface area contributed by atoms with Crippen LogP contribution in [0.25, 0.3) is 0 Å². The number of hydrogen-bond donors (Lipinski definition) is 1. The standard InChI is InChI=1S/C9H12O10S2/c1-15-8-4-3-7(9(5-8)16-2)6-17-21(13,14)19-18-20(10,11)12/h3-5H,6H2,1-2H3,(H,10,11,12). The molecule has 1 N–H and O–H groups in total. The molecule has 0 bridgehead atoms. The SMILES string of the molecule is COc1ccc(COS(=O)(=O)OOS(=O)(=O)O)c(OC)c1. The Hall–Kier alpha value is -1.44. The van der Waals surface area contributed by atoms with E-state index in [9.17, 15) is 16.8 Å². The van der Waals surface area contributed by atoms with E-state index in [1.54, 1.807) is 0 Å². The largest absolute Gasteiger partial charge is 0.497 e. The van der Waals surface area contributed by atoms with Crippen LogP contribution in [-0.4, -0.2) is 35.6 Å². The van der Waals surface area contributed by atoms with E-state index in [1.165, 1.54) is 32.4 Å².